The van der Waals surface area contributed by atoms with Gasteiger partial charge in [-0.05, 0) is 61.4 Å². The summed E-state index contributed by atoms with van der Waals surface area (Å²) in [6.07, 6.45) is 0.609. The van der Waals surface area contributed by atoms with E-state index in [0.717, 1.165) is 11.3 Å². The predicted molar refractivity (Wildman–Crippen MR) is 114 cm³/mol. The minimum absolute atomic E-state index is 0.00447. The first-order valence-electron chi connectivity index (χ1n) is 9.73. The molecule has 1 heterocycles. The van der Waals surface area contributed by atoms with Crippen LogP contribution in [0.5, 0.6) is 5.75 Å². The third-order valence-corrected chi connectivity index (χ3v) is 6.19. The quantitative estimate of drug-likeness (QED) is 0.667. The number of hydrogen-bond donors (Lipinski definition) is 2. The van der Waals surface area contributed by atoms with Crippen LogP contribution >= 0.6 is 0 Å². The molecule has 0 saturated carbocycles. The highest BCUT2D eigenvalue weighted by Gasteiger charge is 2.24. The van der Waals surface area contributed by atoms with Gasteiger partial charge in [-0.3, -0.25) is 9.59 Å². The summed E-state index contributed by atoms with van der Waals surface area (Å²) in [6, 6.07) is 11.7. The summed E-state index contributed by atoms with van der Waals surface area (Å²) in [5.74, 6) is 0.345. The second kappa shape index (κ2) is 9.27. The number of carbonyl (C=O) groups is 2. The van der Waals surface area contributed by atoms with Crippen LogP contribution in [0, 0.1) is 0 Å². The van der Waals surface area contributed by atoms with E-state index in [0.29, 0.717) is 31.0 Å². The molecule has 30 heavy (non-hydrogen) atoms. The molecule has 3 rings (SSSR count). The van der Waals surface area contributed by atoms with Crippen LogP contribution < -0.4 is 19.7 Å². The van der Waals surface area contributed by atoms with E-state index in [1.54, 1.807) is 41.3 Å². The van der Waals surface area contributed by atoms with Crippen molar-refractivity contribution in [2.45, 2.75) is 31.6 Å². The number of anilines is 2. The summed E-state index contributed by atoms with van der Waals surface area (Å²) in [5, 5.41) is 2.72. The lowest BCUT2D eigenvalue weighted by molar-refractivity contribution is -0.117. The number of benzene rings is 2. The molecule has 0 fully saturated rings. The summed E-state index contributed by atoms with van der Waals surface area (Å²) in [6.45, 7) is 4.46. The first kappa shape index (κ1) is 21.8. The van der Waals surface area contributed by atoms with Crippen molar-refractivity contribution < 1.29 is 22.7 Å². The van der Waals surface area contributed by atoms with Gasteiger partial charge in [-0.1, -0.05) is 0 Å². The van der Waals surface area contributed by atoms with E-state index >= 15 is 0 Å². The van der Waals surface area contributed by atoms with Crippen molar-refractivity contribution in [3.8, 4) is 5.75 Å². The Morgan fingerprint density at radius 2 is 1.87 bits per heavy atom. The molecule has 2 N–H and O–H groups in total. The molecule has 0 atom stereocenters. The van der Waals surface area contributed by atoms with E-state index in [1.807, 2.05) is 6.92 Å². The average molecular weight is 432 g/mol. The van der Waals surface area contributed by atoms with Crippen LogP contribution in [0.2, 0.25) is 0 Å². The van der Waals surface area contributed by atoms with Crippen molar-refractivity contribution in [3.63, 3.8) is 0 Å². The number of hydrogen-bond acceptors (Lipinski definition) is 5. The van der Waals surface area contributed by atoms with Gasteiger partial charge in [-0.15, -0.1) is 0 Å². The van der Waals surface area contributed by atoms with Gasteiger partial charge in [0.15, 0.2) is 0 Å². The Hall–Kier alpha value is -2.91. The number of nitrogens with one attached hydrogen (secondary N) is 2. The number of carbonyl (C=O) groups excluding carboxylic acids is 2. The van der Waals surface area contributed by atoms with Gasteiger partial charge < -0.3 is 15.0 Å². The van der Waals surface area contributed by atoms with Gasteiger partial charge in [0.2, 0.25) is 21.8 Å². The number of sulfonamides is 1. The van der Waals surface area contributed by atoms with Crippen molar-refractivity contribution in [1.82, 2.24) is 4.72 Å². The molecule has 8 nitrogen and oxygen atoms in total. The fourth-order valence-corrected chi connectivity index (χ4v) is 4.36. The highest BCUT2D eigenvalue weighted by molar-refractivity contribution is 7.89. The summed E-state index contributed by atoms with van der Waals surface area (Å²) < 4.78 is 32.9. The molecule has 9 heteroatoms. The summed E-state index contributed by atoms with van der Waals surface area (Å²) in [4.78, 5) is 25.5. The van der Waals surface area contributed by atoms with Crippen LogP contribution in [0.1, 0.15) is 25.8 Å². The van der Waals surface area contributed by atoms with Crippen molar-refractivity contribution in [2.24, 2.45) is 0 Å². The van der Waals surface area contributed by atoms with E-state index in [2.05, 4.69) is 10.0 Å². The number of amides is 2. The lowest BCUT2D eigenvalue weighted by Crippen LogP contribution is -2.28. The zero-order chi connectivity index (χ0) is 21.7. The molecule has 0 spiro atoms. The van der Waals surface area contributed by atoms with Crippen LogP contribution in [0.25, 0.3) is 0 Å². The largest absolute Gasteiger partial charge is 0.494 e. The van der Waals surface area contributed by atoms with Crippen molar-refractivity contribution in [2.75, 3.05) is 29.9 Å². The Labute approximate surface area is 176 Å². The normalized spacial score (nSPS) is 13.1. The Morgan fingerprint density at radius 1 is 1.13 bits per heavy atom. The molecule has 0 saturated heterocycles. The first-order valence-corrected chi connectivity index (χ1v) is 11.2. The highest BCUT2D eigenvalue weighted by atomic mass is 32.2. The van der Waals surface area contributed by atoms with Crippen LogP contribution in [-0.4, -0.2) is 39.9 Å². The molecule has 160 valence electrons. The molecular formula is C21H25N3O5S. The predicted octanol–water partition coefficient (Wildman–Crippen LogP) is 2.30. The number of rotatable bonds is 8. The topological polar surface area (TPSA) is 105 Å². The second-order valence-corrected chi connectivity index (χ2v) is 8.63. The van der Waals surface area contributed by atoms with Gasteiger partial charge in [0.1, 0.15) is 5.75 Å². The van der Waals surface area contributed by atoms with Gasteiger partial charge in [-0.25, -0.2) is 13.1 Å². The highest BCUT2D eigenvalue weighted by Crippen LogP contribution is 2.30. The summed E-state index contributed by atoms with van der Waals surface area (Å²) in [7, 11) is -3.75. The van der Waals surface area contributed by atoms with E-state index in [4.69, 9.17) is 4.74 Å². The molecule has 2 aromatic carbocycles. The van der Waals surface area contributed by atoms with E-state index in [1.165, 1.54) is 13.0 Å². The lowest BCUT2D eigenvalue weighted by Gasteiger charge is -2.15. The molecule has 0 radical (unpaired) electrons. The monoisotopic (exact) mass is 431 g/mol. The lowest BCUT2D eigenvalue weighted by atomic mass is 10.2. The minimum atomic E-state index is -3.75. The maximum Gasteiger partial charge on any atom is 0.240 e. The van der Waals surface area contributed by atoms with Crippen molar-refractivity contribution in [1.29, 1.82) is 0 Å². The fraction of sp³-hybridized carbons (Fsp3) is 0.333. The van der Waals surface area contributed by atoms with Gasteiger partial charge in [-0.2, -0.15) is 0 Å². The smallest absolute Gasteiger partial charge is 0.240 e. The third-order valence-electron chi connectivity index (χ3n) is 4.73. The standard InChI is InChI=1S/C21H25N3O5S/c1-3-29-18-6-4-17(5-7-18)23-21(26)10-12-22-30(27,28)19-8-9-20-16(14-19)11-13-24(20)15(2)25/h4-9,14,22H,3,10-13H2,1-2H3,(H,23,26). The van der Waals surface area contributed by atoms with Gasteiger partial charge in [0, 0.05) is 37.8 Å². The molecule has 1 aliphatic rings. The van der Waals surface area contributed by atoms with Gasteiger partial charge in [0.05, 0.1) is 11.5 Å². The van der Waals surface area contributed by atoms with Crippen LogP contribution in [-0.2, 0) is 26.0 Å². The molecule has 2 aromatic rings. The molecule has 0 unspecified atom stereocenters. The van der Waals surface area contributed by atoms with E-state index in [-0.39, 0.29) is 29.7 Å². The van der Waals surface area contributed by atoms with Gasteiger partial charge in [0.25, 0.3) is 0 Å². The molecule has 2 amide bonds. The second-order valence-electron chi connectivity index (χ2n) is 6.86. The Morgan fingerprint density at radius 3 is 2.53 bits per heavy atom. The number of nitrogens with zero attached hydrogens (tertiary/aromatic N) is 1. The Balaban J connectivity index is 1.54. The minimum Gasteiger partial charge on any atom is -0.494 e. The fourth-order valence-electron chi connectivity index (χ4n) is 3.28. The van der Waals surface area contributed by atoms with Gasteiger partial charge >= 0.3 is 0 Å². The number of fused-ring (bicyclic) bond motifs is 1. The van der Waals surface area contributed by atoms with Crippen LogP contribution in [0.4, 0.5) is 11.4 Å². The van der Waals surface area contributed by atoms with E-state index in [9.17, 15) is 18.0 Å². The number of ether oxygens (including phenoxy) is 1. The SMILES string of the molecule is CCOc1ccc(NC(=O)CCNS(=O)(=O)c2ccc3c(c2)CCN3C(C)=O)cc1. The van der Waals surface area contributed by atoms with Crippen molar-refractivity contribution >= 4 is 33.2 Å². The molecule has 1 aliphatic heterocycles. The molecular weight excluding hydrogens is 406 g/mol. The summed E-state index contributed by atoms with van der Waals surface area (Å²) >= 11 is 0. The van der Waals surface area contributed by atoms with Crippen molar-refractivity contribution in [3.05, 3.63) is 48.0 Å². The Kier molecular flexibility index (Phi) is 6.73. The zero-order valence-electron chi connectivity index (χ0n) is 17.0. The van der Waals surface area contributed by atoms with Crippen LogP contribution in [0.15, 0.2) is 47.4 Å². The Bertz CT molecular complexity index is 1040. The maximum atomic E-state index is 12.5. The molecule has 0 bridgehead atoms. The maximum absolute atomic E-state index is 12.5. The van der Waals surface area contributed by atoms with Crippen LogP contribution in [0.3, 0.4) is 0 Å². The summed E-state index contributed by atoms with van der Waals surface area (Å²) in [5.41, 5.74) is 2.18. The van der Waals surface area contributed by atoms with E-state index < -0.39 is 10.0 Å². The first-order chi connectivity index (χ1) is 14.3. The zero-order valence-corrected chi connectivity index (χ0v) is 17.8. The molecule has 0 aromatic heterocycles. The third kappa shape index (κ3) is 5.17. The molecule has 0 aliphatic carbocycles. The average Bonchev–Trinajstić information content (AvgIpc) is 3.13.